The lowest BCUT2D eigenvalue weighted by molar-refractivity contribution is -0.132. The van der Waals surface area contributed by atoms with Gasteiger partial charge in [0.05, 0.1) is 17.9 Å². The van der Waals surface area contributed by atoms with Gasteiger partial charge in [-0.2, -0.15) is 0 Å². The van der Waals surface area contributed by atoms with Gasteiger partial charge in [0.2, 0.25) is 11.8 Å². The van der Waals surface area contributed by atoms with E-state index in [-0.39, 0.29) is 23.3 Å². The van der Waals surface area contributed by atoms with E-state index < -0.39 is 0 Å². The van der Waals surface area contributed by atoms with Crippen LogP contribution in [0.1, 0.15) is 63.1 Å². The van der Waals surface area contributed by atoms with Gasteiger partial charge in [0, 0.05) is 18.9 Å². The average molecular weight is 344 g/mol. The van der Waals surface area contributed by atoms with Crippen molar-refractivity contribution in [2.24, 2.45) is 5.41 Å². The van der Waals surface area contributed by atoms with Crippen molar-refractivity contribution < 1.29 is 14.3 Å². The van der Waals surface area contributed by atoms with E-state index in [1.165, 1.54) is 0 Å². The summed E-state index contributed by atoms with van der Waals surface area (Å²) in [6.07, 6.45) is 5.33. The van der Waals surface area contributed by atoms with Crippen molar-refractivity contribution in [3.8, 4) is 0 Å². The summed E-state index contributed by atoms with van der Waals surface area (Å²) in [7, 11) is 0. The van der Waals surface area contributed by atoms with Gasteiger partial charge in [-0.3, -0.25) is 9.59 Å². The number of hydrogen-bond donors (Lipinski definition) is 2. The van der Waals surface area contributed by atoms with Crippen LogP contribution in [0.4, 0.5) is 5.69 Å². The van der Waals surface area contributed by atoms with Gasteiger partial charge in [-0.25, -0.2) is 0 Å². The molecule has 1 fully saturated rings. The Morgan fingerprint density at radius 3 is 2.84 bits per heavy atom. The van der Waals surface area contributed by atoms with Gasteiger partial charge < -0.3 is 15.4 Å². The van der Waals surface area contributed by atoms with Gasteiger partial charge in [-0.15, -0.1) is 0 Å². The monoisotopic (exact) mass is 344 g/mol. The molecule has 2 aliphatic rings. The Morgan fingerprint density at radius 1 is 1.36 bits per heavy atom. The van der Waals surface area contributed by atoms with E-state index in [1.807, 2.05) is 32.0 Å². The zero-order valence-corrected chi connectivity index (χ0v) is 15.2. The van der Waals surface area contributed by atoms with Crippen LogP contribution in [0.5, 0.6) is 0 Å². The lowest BCUT2D eigenvalue weighted by atomic mass is 9.81. The molecule has 1 atom stereocenters. The molecular formula is C20H28N2O3. The van der Waals surface area contributed by atoms with Crippen LogP contribution in [-0.2, 0) is 20.7 Å². The van der Waals surface area contributed by atoms with Crippen molar-refractivity contribution in [2.75, 3.05) is 18.5 Å². The minimum Gasteiger partial charge on any atom is -0.382 e. The maximum absolute atomic E-state index is 13.0. The Kier molecular flexibility index (Phi) is 5.42. The Hall–Kier alpha value is -1.88. The summed E-state index contributed by atoms with van der Waals surface area (Å²) >= 11 is 0. The van der Waals surface area contributed by atoms with E-state index in [0.29, 0.717) is 19.6 Å². The molecule has 0 aromatic heterocycles. The van der Waals surface area contributed by atoms with Crippen LogP contribution in [0.25, 0.3) is 0 Å². The largest absolute Gasteiger partial charge is 0.382 e. The van der Waals surface area contributed by atoms with Crippen LogP contribution in [-0.4, -0.2) is 25.0 Å². The molecular weight excluding hydrogens is 316 g/mol. The smallest absolute Gasteiger partial charge is 0.228 e. The Labute approximate surface area is 149 Å². The van der Waals surface area contributed by atoms with Gasteiger partial charge in [-0.05, 0) is 50.3 Å². The molecule has 1 heterocycles. The predicted molar refractivity (Wildman–Crippen MR) is 97.3 cm³/mol. The molecule has 5 nitrogen and oxygen atoms in total. The number of amides is 2. The first-order chi connectivity index (χ1) is 12.0. The highest BCUT2D eigenvalue weighted by Gasteiger charge is 2.41. The van der Waals surface area contributed by atoms with Crippen molar-refractivity contribution in [2.45, 2.75) is 58.4 Å². The number of ether oxygens (including phenoxy) is 1. The fourth-order valence-corrected chi connectivity index (χ4v) is 4.01. The lowest BCUT2D eigenvalue weighted by Gasteiger charge is -2.29. The van der Waals surface area contributed by atoms with Gasteiger partial charge in [0.1, 0.15) is 0 Å². The minimum absolute atomic E-state index is 0.0321. The molecule has 25 heavy (non-hydrogen) atoms. The van der Waals surface area contributed by atoms with Crippen LogP contribution >= 0.6 is 0 Å². The minimum atomic E-state index is -0.280. The molecule has 0 spiro atoms. The van der Waals surface area contributed by atoms with Crippen molar-refractivity contribution in [3.63, 3.8) is 0 Å². The molecule has 1 aromatic carbocycles. The maximum Gasteiger partial charge on any atom is 0.228 e. The topological polar surface area (TPSA) is 67.4 Å². The normalized spacial score (nSPS) is 19.4. The van der Waals surface area contributed by atoms with Crippen LogP contribution in [0.15, 0.2) is 18.2 Å². The van der Waals surface area contributed by atoms with Crippen LogP contribution < -0.4 is 10.6 Å². The molecule has 136 valence electrons. The lowest BCUT2D eigenvalue weighted by Crippen LogP contribution is -2.41. The van der Waals surface area contributed by atoms with Crippen LogP contribution in [0.3, 0.4) is 0 Å². The number of carbonyl (C=O) groups excluding carboxylic acids is 2. The average Bonchev–Trinajstić information content (AvgIpc) is 3.20. The van der Waals surface area contributed by atoms with E-state index in [2.05, 4.69) is 10.6 Å². The highest BCUT2D eigenvalue weighted by atomic mass is 16.5. The molecule has 1 aliphatic heterocycles. The molecule has 0 unspecified atom stereocenters. The molecule has 0 radical (unpaired) electrons. The molecule has 0 saturated heterocycles. The van der Waals surface area contributed by atoms with Gasteiger partial charge in [-0.1, -0.05) is 25.0 Å². The summed E-state index contributed by atoms with van der Waals surface area (Å²) < 4.78 is 5.50. The van der Waals surface area contributed by atoms with E-state index >= 15 is 0 Å². The van der Waals surface area contributed by atoms with Crippen LogP contribution in [0.2, 0.25) is 0 Å². The standard InChI is InChI=1S/C20H28N2O3/c1-3-25-11-10-20(8-4-5-9-20)19(24)21-14(2)15-6-7-17-16(12-15)13-18(23)22-17/h6-7,12,14H,3-5,8-11,13H2,1-2H3,(H,21,24)(H,22,23)/t14-/m1/s1. The molecule has 2 amide bonds. The highest BCUT2D eigenvalue weighted by molar-refractivity contribution is 5.99. The van der Waals surface area contributed by atoms with Gasteiger partial charge >= 0.3 is 0 Å². The molecule has 5 heteroatoms. The van der Waals surface area contributed by atoms with E-state index in [4.69, 9.17) is 4.74 Å². The number of rotatable bonds is 7. The Balaban J connectivity index is 1.67. The summed E-state index contributed by atoms with van der Waals surface area (Å²) in [6.45, 7) is 5.33. The molecule has 3 rings (SSSR count). The third-order valence-corrected chi connectivity index (χ3v) is 5.57. The first kappa shape index (κ1) is 17.9. The van der Waals surface area contributed by atoms with Crippen molar-refractivity contribution in [3.05, 3.63) is 29.3 Å². The van der Waals surface area contributed by atoms with E-state index in [0.717, 1.165) is 48.9 Å². The molecule has 0 bridgehead atoms. The number of carbonyl (C=O) groups is 2. The number of benzene rings is 1. The van der Waals surface area contributed by atoms with Gasteiger partial charge in [0.25, 0.3) is 0 Å². The first-order valence-electron chi connectivity index (χ1n) is 9.35. The zero-order chi connectivity index (χ0) is 17.9. The summed E-state index contributed by atoms with van der Waals surface area (Å²) in [5.41, 5.74) is 2.66. The summed E-state index contributed by atoms with van der Waals surface area (Å²) in [6, 6.07) is 5.87. The van der Waals surface area contributed by atoms with Crippen LogP contribution in [0, 0.1) is 5.41 Å². The first-order valence-corrected chi connectivity index (χ1v) is 9.35. The summed E-state index contributed by atoms with van der Waals surface area (Å²) in [5.74, 6) is 0.177. The number of nitrogens with one attached hydrogen (secondary N) is 2. The second-order valence-corrected chi connectivity index (χ2v) is 7.27. The van der Waals surface area contributed by atoms with Crippen molar-refractivity contribution in [1.29, 1.82) is 0 Å². The van der Waals surface area contributed by atoms with Gasteiger partial charge in [0.15, 0.2) is 0 Å². The van der Waals surface area contributed by atoms with E-state index in [9.17, 15) is 9.59 Å². The summed E-state index contributed by atoms with van der Waals surface area (Å²) in [4.78, 5) is 24.5. The Bertz CT molecular complexity index is 650. The fourth-order valence-electron chi connectivity index (χ4n) is 4.01. The quantitative estimate of drug-likeness (QED) is 0.746. The number of fused-ring (bicyclic) bond motifs is 1. The SMILES string of the molecule is CCOCCC1(C(=O)N[C@H](C)c2ccc3c(c2)CC(=O)N3)CCCC1. The second kappa shape index (κ2) is 7.56. The second-order valence-electron chi connectivity index (χ2n) is 7.27. The molecule has 2 N–H and O–H groups in total. The summed E-state index contributed by atoms with van der Waals surface area (Å²) in [5, 5.41) is 6.05. The van der Waals surface area contributed by atoms with Crippen molar-refractivity contribution >= 4 is 17.5 Å². The molecule has 1 saturated carbocycles. The van der Waals surface area contributed by atoms with Crippen molar-refractivity contribution in [1.82, 2.24) is 5.32 Å². The molecule has 1 aromatic rings. The third-order valence-electron chi connectivity index (χ3n) is 5.57. The van der Waals surface area contributed by atoms with E-state index in [1.54, 1.807) is 0 Å². The number of hydrogen-bond acceptors (Lipinski definition) is 3. The molecule has 1 aliphatic carbocycles. The number of anilines is 1. The third kappa shape index (κ3) is 3.87. The Morgan fingerprint density at radius 2 is 2.12 bits per heavy atom. The highest BCUT2D eigenvalue weighted by Crippen LogP contribution is 2.42. The fraction of sp³-hybridized carbons (Fsp3) is 0.600. The zero-order valence-electron chi connectivity index (χ0n) is 15.2. The predicted octanol–water partition coefficient (Wildman–Crippen LogP) is 3.35. The maximum atomic E-state index is 13.0.